The van der Waals surface area contributed by atoms with E-state index in [2.05, 4.69) is 15.0 Å². The lowest BCUT2D eigenvalue weighted by atomic mass is 10.2. The van der Waals surface area contributed by atoms with Crippen molar-refractivity contribution in [1.29, 1.82) is 0 Å². The molecule has 2 aromatic rings. The number of hydrogen-bond acceptors (Lipinski definition) is 5. The second-order valence-corrected chi connectivity index (χ2v) is 4.88. The second-order valence-electron chi connectivity index (χ2n) is 4.17. The van der Waals surface area contributed by atoms with E-state index in [9.17, 15) is 9.90 Å². The smallest absolute Gasteiger partial charge is 0.264 e. The molecule has 0 unspecified atom stereocenters. The molecule has 0 bridgehead atoms. The quantitative estimate of drug-likeness (QED) is 0.870. The average Bonchev–Trinajstić information content (AvgIpc) is 2.45. The number of hydrogen-bond donors (Lipinski definition) is 1. The zero-order chi connectivity index (χ0) is 15.4. The molecule has 0 spiro atoms. The average molecular weight is 327 g/mol. The summed E-state index contributed by atoms with van der Waals surface area (Å²) < 4.78 is 0. The maximum Gasteiger partial charge on any atom is 0.264 e. The standard InChI is InChI=1S/C13H12Cl2N4O2/c1-8-2-3-9(6-16-8)19(4-5-20)13(21)10-11(14)17-7-18-12(10)15/h2-3,6-7,20H,4-5H2,1H3. The summed E-state index contributed by atoms with van der Waals surface area (Å²) in [5.41, 5.74) is 1.33. The molecule has 2 heterocycles. The molecule has 110 valence electrons. The van der Waals surface area contributed by atoms with E-state index in [4.69, 9.17) is 23.2 Å². The molecular formula is C13H12Cl2N4O2. The normalized spacial score (nSPS) is 10.5. The molecule has 8 heteroatoms. The van der Waals surface area contributed by atoms with Crippen LogP contribution in [0.3, 0.4) is 0 Å². The molecule has 0 aromatic carbocycles. The number of rotatable bonds is 4. The Hall–Kier alpha value is -1.76. The van der Waals surface area contributed by atoms with Gasteiger partial charge in [-0.3, -0.25) is 9.78 Å². The van der Waals surface area contributed by atoms with Crippen molar-refractivity contribution in [2.45, 2.75) is 6.92 Å². The third kappa shape index (κ3) is 3.47. The zero-order valence-corrected chi connectivity index (χ0v) is 12.6. The van der Waals surface area contributed by atoms with Crippen LogP contribution in [0.5, 0.6) is 0 Å². The maximum absolute atomic E-state index is 12.6. The number of nitrogens with zero attached hydrogens (tertiary/aromatic N) is 4. The third-order valence-electron chi connectivity index (χ3n) is 2.74. The molecule has 0 aliphatic heterocycles. The molecule has 0 saturated carbocycles. The van der Waals surface area contributed by atoms with Crippen molar-refractivity contribution in [3.8, 4) is 0 Å². The summed E-state index contributed by atoms with van der Waals surface area (Å²) in [7, 11) is 0. The molecule has 21 heavy (non-hydrogen) atoms. The number of anilines is 1. The van der Waals surface area contributed by atoms with Crippen LogP contribution < -0.4 is 4.90 Å². The molecule has 0 aliphatic rings. The highest BCUT2D eigenvalue weighted by Crippen LogP contribution is 2.24. The summed E-state index contributed by atoms with van der Waals surface area (Å²) in [4.78, 5) is 25.6. The van der Waals surface area contributed by atoms with E-state index in [1.54, 1.807) is 12.1 Å². The van der Waals surface area contributed by atoms with Crippen molar-refractivity contribution in [2.24, 2.45) is 0 Å². The molecule has 0 radical (unpaired) electrons. The number of carbonyl (C=O) groups is 1. The summed E-state index contributed by atoms with van der Waals surface area (Å²) in [6, 6.07) is 3.49. The van der Waals surface area contributed by atoms with Crippen molar-refractivity contribution in [1.82, 2.24) is 15.0 Å². The van der Waals surface area contributed by atoms with Gasteiger partial charge in [0.2, 0.25) is 0 Å². The minimum Gasteiger partial charge on any atom is -0.395 e. The SMILES string of the molecule is Cc1ccc(N(CCO)C(=O)c2c(Cl)ncnc2Cl)cn1. The van der Waals surface area contributed by atoms with Gasteiger partial charge in [-0.1, -0.05) is 23.2 Å². The van der Waals surface area contributed by atoms with E-state index in [1.165, 1.54) is 17.4 Å². The van der Waals surface area contributed by atoms with Gasteiger partial charge < -0.3 is 10.0 Å². The Bertz CT molecular complexity index is 629. The van der Waals surface area contributed by atoms with Crippen molar-refractivity contribution in [3.05, 3.63) is 46.2 Å². The van der Waals surface area contributed by atoms with Gasteiger partial charge in [-0.05, 0) is 19.1 Å². The molecule has 0 fully saturated rings. The number of aliphatic hydroxyl groups is 1. The van der Waals surface area contributed by atoms with E-state index in [1.807, 2.05) is 6.92 Å². The summed E-state index contributed by atoms with van der Waals surface area (Å²) in [5, 5.41) is 9.10. The Balaban J connectivity index is 2.42. The molecule has 1 N–H and O–H groups in total. The van der Waals surface area contributed by atoms with Gasteiger partial charge >= 0.3 is 0 Å². The Morgan fingerprint density at radius 1 is 1.24 bits per heavy atom. The summed E-state index contributed by atoms with van der Waals surface area (Å²) in [5.74, 6) is -0.495. The number of amides is 1. The van der Waals surface area contributed by atoms with E-state index >= 15 is 0 Å². The highest BCUT2D eigenvalue weighted by atomic mass is 35.5. The molecular weight excluding hydrogens is 315 g/mol. The number of aryl methyl sites for hydroxylation is 1. The van der Waals surface area contributed by atoms with Crippen LogP contribution >= 0.6 is 23.2 Å². The Kier molecular flexibility index (Phi) is 5.06. The predicted molar refractivity (Wildman–Crippen MR) is 79.8 cm³/mol. The molecule has 2 rings (SSSR count). The van der Waals surface area contributed by atoms with E-state index in [0.29, 0.717) is 5.69 Å². The van der Waals surface area contributed by atoms with Crippen molar-refractivity contribution < 1.29 is 9.90 Å². The highest BCUT2D eigenvalue weighted by molar-refractivity contribution is 6.39. The number of pyridine rings is 1. The van der Waals surface area contributed by atoms with Crippen LogP contribution in [0.25, 0.3) is 0 Å². The molecule has 6 nitrogen and oxygen atoms in total. The lowest BCUT2D eigenvalue weighted by molar-refractivity contribution is 0.0980. The minimum atomic E-state index is -0.495. The van der Waals surface area contributed by atoms with Crippen LogP contribution in [0.1, 0.15) is 16.1 Å². The largest absolute Gasteiger partial charge is 0.395 e. The van der Waals surface area contributed by atoms with E-state index in [0.717, 1.165) is 5.69 Å². The first-order valence-electron chi connectivity index (χ1n) is 6.06. The van der Waals surface area contributed by atoms with Crippen molar-refractivity contribution in [3.63, 3.8) is 0 Å². The van der Waals surface area contributed by atoms with Gasteiger partial charge in [0.05, 0.1) is 18.5 Å². The van der Waals surface area contributed by atoms with Gasteiger partial charge in [0.25, 0.3) is 5.91 Å². The number of halogens is 2. The Morgan fingerprint density at radius 2 is 1.90 bits per heavy atom. The van der Waals surface area contributed by atoms with Crippen LogP contribution in [0, 0.1) is 6.92 Å². The first kappa shape index (κ1) is 15.6. The van der Waals surface area contributed by atoms with Crippen LogP contribution in [-0.4, -0.2) is 39.1 Å². The lowest BCUT2D eigenvalue weighted by Gasteiger charge is -2.22. The first-order valence-corrected chi connectivity index (χ1v) is 6.81. The number of carbonyl (C=O) groups excluding carboxylic acids is 1. The minimum absolute atomic E-state index is 0.00476. The fraction of sp³-hybridized carbons (Fsp3) is 0.231. The van der Waals surface area contributed by atoms with Crippen molar-refractivity contribution in [2.75, 3.05) is 18.1 Å². The van der Waals surface area contributed by atoms with Gasteiger partial charge in [-0.2, -0.15) is 0 Å². The second kappa shape index (κ2) is 6.80. The van der Waals surface area contributed by atoms with Crippen LogP contribution in [0.4, 0.5) is 5.69 Å². The summed E-state index contributed by atoms with van der Waals surface area (Å²) >= 11 is 11.8. The monoisotopic (exact) mass is 326 g/mol. The molecule has 0 saturated heterocycles. The highest BCUT2D eigenvalue weighted by Gasteiger charge is 2.24. The predicted octanol–water partition coefficient (Wildman–Crippen LogP) is 2.13. The van der Waals surface area contributed by atoms with Crippen LogP contribution in [0.15, 0.2) is 24.7 Å². The fourth-order valence-electron chi connectivity index (χ4n) is 1.72. The number of aromatic nitrogens is 3. The van der Waals surface area contributed by atoms with Gasteiger partial charge in [0.15, 0.2) is 0 Å². The lowest BCUT2D eigenvalue weighted by Crippen LogP contribution is -2.34. The number of aliphatic hydroxyl groups excluding tert-OH is 1. The van der Waals surface area contributed by atoms with Gasteiger partial charge in [-0.15, -0.1) is 0 Å². The Morgan fingerprint density at radius 3 is 2.43 bits per heavy atom. The topological polar surface area (TPSA) is 79.2 Å². The first-order chi connectivity index (χ1) is 10.0. The Labute approximate surface area is 131 Å². The van der Waals surface area contributed by atoms with E-state index in [-0.39, 0.29) is 29.0 Å². The fourth-order valence-corrected chi connectivity index (χ4v) is 2.20. The van der Waals surface area contributed by atoms with E-state index < -0.39 is 5.91 Å². The zero-order valence-electron chi connectivity index (χ0n) is 11.1. The molecule has 0 aliphatic carbocycles. The van der Waals surface area contributed by atoms with Crippen LogP contribution in [0.2, 0.25) is 10.3 Å². The molecule has 0 atom stereocenters. The van der Waals surface area contributed by atoms with Crippen LogP contribution in [-0.2, 0) is 0 Å². The summed E-state index contributed by atoms with van der Waals surface area (Å²) in [6.45, 7) is 1.69. The molecule has 2 aromatic heterocycles. The van der Waals surface area contributed by atoms with Gasteiger partial charge in [-0.25, -0.2) is 9.97 Å². The molecule has 1 amide bonds. The van der Waals surface area contributed by atoms with Gasteiger partial charge in [0, 0.05) is 12.2 Å². The van der Waals surface area contributed by atoms with Gasteiger partial charge in [0.1, 0.15) is 22.2 Å². The maximum atomic E-state index is 12.6. The third-order valence-corrected chi connectivity index (χ3v) is 3.32. The summed E-state index contributed by atoms with van der Waals surface area (Å²) in [6.07, 6.45) is 2.71. The van der Waals surface area contributed by atoms with Crippen molar-refractivity contribution >= 4 is 34.8 Å².